The van der Waals surface area contributed by atoms with Crippen molar-refractivity contribution in [1.29, 1.82) is 0 Å². The van der Waals surface area contributed by atoms with Gasteiger partial charge in [-0.2, -0.15) is 0 Å². The SMILES string of the molecule is COCCCN1CCC(NC(=O)c2cc(Cl)c(N3COCC(C(=O)OC)=C3C(=O)OC)c3c2OCC3)CC1. The minimum Gasteiger partial charge on any atom is -0.492 e. The normalized spacial score (nSPS) is 18.2. The molecule has 0 radical (unpaired) electrons. The first-order valence-electron chi connectivity index (χ1n) is 12.6. The Balaban J connectivity index is 1.57. The number of amides is 1. The van der Waals surface area contributed by atoms with Crippen molar-refractivity contribution in [3.8, 4) is 5.75 Å². The summed E-state index contributed by atoms with van der Waals surface area (Å²) in [4.78, 5) is 42.4. The number of ether oxygens (including phenoxy) is 5. The van der Waals surface area contributed by atoms with E-state index in [0.717, 1.165) is 45.5 Å². The molecule has 1 saturated heterocycles. The second-order valence-electron chi connectivity index (χ2n) is 9.31. The van der Waals surface area contributed by atoms with Crippen molar-refractivity contribution in [2.24, 2.45) is 0 Å². The van der Waals surface area contributed by atoms with Gasteiger partial charge in [-0.3, -0.25) is 4.79 Å². The van der Waals surface area contributed by atoms with Crippen molar-refractivity contribution in [2.45, 2.75) is 31.7 Å². The number of likely N-dealkylation sites (tertiary alicyclic amines) is 1. The van der Waals surface area contributed by atoms with E-state index in [1.54, 1.807) is 7.11 Å². The second kappa shape index (κ2) is 12.8. The van der Waals surface area contributed by atoms with Crippen LogP contribution >= 0.6 is 11.6 Å². The number of anilines is 1. The Bertz CT molecular complexity index is 1100. The summed E-state index contributed by atoms with van der Waals surface area (Å²) >= 11 is 6.75. The number of halogens is 1. The lowest BCUT2D eigenvalue weighted by atomic mass is 10.0. The molecule has 12 heteroatoms. The number of piperidine rings is 1. The van der Waals surface area contributed by atoms with E-state index in [-0.39, 0.29) is 41.6 Å². The number of nitrogens with zero attached hydrogens (tertiary/aromatic N) is 2. The third kappa shape index (κ3) is 5.90. The molecule has 0 spiro atoms. The van der Waals surface area contributed by atoms with Crippen LogP contribution in [0.5, 0.6) is 5.75 Å². The monoisotopic (exact) mass is 551 g/mol. The molecule has 38 heavy (non-hydrogen) atoms. The summed E-state index contributed by atoms with van der Waals surface area (Å²) in [6, 6.07) is 1.58. The summed E-state index contributed by atoms with van der Waals surface area (Å²) in [5.74, 6) is -1.29. The minimum absolute atomic E-state index is 0.0175. The lowest BCUT2D eigenvalue weighted by Gasteiger charge is -2.33. The number of hydrogen-bond acceptors (Lipinski definition) is 10. The number of benzene rings is 1. The molecular formula is C26H34ClN3O8. The summed E-state index contributed by atoms with van der Waals surface area (Å²) in [5.41, 5.74) is 1.43. The smallest absolute Gasteiger partial charge is 0.355 e. The lowest BCUT2D eigenvalue weighted by molar-refractivity contribution is -0.140. The van der Waals surface area contributed by atoms with Crippen molar-refractivity contribution in [3.63, 3.8) is 0 Å². The van der Waals surface area contributed by atoms with E-state index in [1.165, 1.54) is 25.2 Å². The summed E-state index contributed by atoms with van der Waals surface area (Å²) in [7, 11) is 4.15. The number of methoxy groups -OCH3 is 3. The maximum absolute atomic E-state index is 13.3. The van der Waals surface area contributed by atoms with Crippen LogP contribution in [0.2, 0.25) is 5.02 Å². The van der Waals surface area contributed by atoms with Gasteiger partial charge in [-0.15, -0.1) is 0 Å². The highest BCUT2D eigenvalue weighted by Gasteiger charge is 2.37. The van der Waals surface area contributed by atoms with E-state index in [2.05, 4.69) is 10.2 Å². The van der Waals surface area contributed by atoms with Gasteiger partial charge in [0.2, 0.25) is 0 Å². The highest BCUT2D eigenvalue weighted by Crippen LogP contribution is 2.44. The van der Waals surface area contributed by atoms with Crippen molar-refractivity contribution >= 4 is 35.1 Å². The zero-order valence-corrected chi connectivity index (χ0v) is 22.7. The number of esters is 2. The fourth-order valence-corrected chi connectivity index (χ4v) is 5.43. The standard InChI is InChI=1S/C26H34ClN3O8/c1-34-11-4-8-29-9-5-16(6-10-29)28-24(31)18-13-20(27)21(17-7-12-38-23(17)18)30-15-37-14-19(25(32)35-2)22(30)26(33)36-3/h13,16H,4-12,14-15H2,1-3H3,(H,28,31). The first-order chi connectivity index (χ1) is 18.4. The molecule has 0 aliphatic carbocycles. The number of carbonyl (C=O) groups is 3. The topological polar surface area (TPSA) is 116 Å². The number of nitrogens with one attached hydrogen (secondary N) is 1. The van der Waals surface area contributed by atoms with Gasteiger partial charge in [0.05, 0.1) is 49.3 Å². The maximum atomic E-state index is 13.3. The second-order valence-corrected chi connectivity index (χ2v) is 9.72. The molecular weight excluding hydrogens is 518 g/mol. The van der Waals surface area contributed by atoms with Crippen LogP contribution in [0.15, 0.2) is 17.3 Å². The van der Waals surface area contributed by atoms with Crippen LogP contribution in [0.25, 0.3) is 0 Å². The first kappa shape index (κ1) is 28.2. The molecule has 11 nitrogen and oxygen atoms in total. The third-order valence-electron chi connectivity index (χ3n) is 6.99. The molecule has 3 aliphatic heterocycles. The van der Waals surface area contributed by atoms with Crippen molar-refractivity contribution < 1.29 is 38.1 Å². The van der Waals surface area contributed by atoms with Gasteiger partial charge in [0.25, 0.3) is 5.91 Å². The molecule has 0 bridgehead atoms. The molecule has 1 aromatic carbocycles. The van der Waals surface area contributed by atoms with Gasteiger partial charge in [-0.25, -0.2) is 9.59 Å². The van der Waals surface area contributed by atoms with Crippen LogP contribution in [0.1, 0.15) is 35.2 Å². The Morgan fingerprint density at radius 1 is 1.13 bits per heavy atom. The molecule has 0 saturated carbocycles. The van der Waals surface area contributed by atoms with E-state index in [4.69, 9.17) is 35.3 Å². The highest BCUT2D eigenvalue weighted by molar-refractivity contribution is 6.34. The van der Waals surface area contributed by atoms with Crippen LogP contribution in [-0.4, -0.2) is 96.3 Å². The molecule has 3 aliphatic rings. The predicted octanol–water partition coefficient (Wildman–Crippen LogP) is 1.90. The van der Waals surface area contributed by atoms with E-state index in [9.17, 15) is 14.4 Å². The Morgan fingerprint density at radius 2 is 1.87 bits per heavy atom. The maximum Gasteiger partial charge on any atom is 0.355 e. The average Bonchev–Trinajstić information content (AvgIpc) is 3.42. The van der Waals surface area contributed by atoms with Crippen molar-refractivity contribution in [3.05, 3.63) is 33.5 Å². The lowest BCUT2D eigenvalue weighted by Crippen LogP contribution is -2.45. The summed E-state index contributed by atoms with van der Waals surface area (Å²) in [5, 5.41) is 3.36. The Kier molecular flexibility index (Phi) is 9.48. The average molecular weight is 552 g/mol. The summed E-state index contributed by atoms with van der Waals surface area (Å²) < 4.78 is 26.4. The van der Waals surface area contributed by atoms with E-state index in [1.807, 2.05) is 0 Å². The zero-order chi connectivity index (χ0) is 27.2. The highest BCUT2D eigenvalue weighted by atomic mass is 35.5. The van der Waals surface area contributed by atoms with E-state index < -0.39 is 11.9 Å². The van der Waals surface area contributed by atoms with Crippen molar-refractivity contribution in [1.82, 2.24) is 10.2 Å². The quantitative estimate of drug-likeness (QED) is 0.360. The van der Waals surface area contributed by atoms with Gasteiger partial charge in [-0.1, -0.05) is 11.6 Å². The fourth-order valence-electron chi connectivity index (χ4n) is 5.10. The van der Waals surface area contributed by atoms with Gasteiger partial charge in [-0.05, 0) is 25.3 Å². The van der Waals surface area contributed by atoms with Crippen LogP contribution < -0.4 is 15.0 Å². The van der Waals surface area contributed by atoms with Crippen LogP contribution in [0.3, 0.4) is 0 Å². The largest absolute Gasteiger partial charge is 0.492 e. The molecule has 0 atom stereocenters. The summed E-state index contributed by atoms with van der Waals surface area (Å²) in [6.45, 7) is 3.71. The molecule has 1 aromatic rings. The molecule has 208 valence electrons. The molecule has 1 fully saturated rings. The number of carbonyl (C=O) groups excluding carboxylic acids is 3. The Morgan fingerprint density at radius 3 is 2.55 bits per heavy atom. The molecule has 0 aromatic heterocycles. The van der Waals surface area contributed by atoms with Gasteiger partial charge in [0.1, 0.15) is 18.2 Å². The molecule has 4 rings (SSSR count). The zero-order valence-electron chi connectivity index (χ0n) is 22.0. The summed E-state index contributed by atoms with van der Waals surface area (Å²) in [6.07, 6.45) is 3.15. The minimum atomic E-state index is -0.729. The molecule has 0 unspecified atom stereocenters. The third-order valence-corrected chi connectivity index (χ3v) is 7.28. The van der Waals surface area contributed by atoms with E-state index in [0.29, 0.717) is 35.6 Å². The number of rotatable bonds is 9. The van der Waals surface area contributed by atoms with Gasteiger partial charge in [0, 0.05) is 51.4 Å². The van der Waals surface area contributed by atoms with Crippen LogP contribution in [0, 0.1) is 0 Å². The number of hydrogen-bond donors (Lipinski definition) is 1. The predicted molar refractivity (Wildman–Crippen MR) is 138 cm³/mol. The molecule has 1 amide bonds. The van der Waals surface area contributed by atoms with Crippen LogP contribution in [0.4, 0.5) is 5.69 Å². The first-order valence-corrected chi connectivity index (χ1v) is 13.0. The van der Waals surface area contributed by atoms with Gasteiger partial charge in [0.15, 0.2) is 0 Å². The Labute approximate surface area is 226 Å². The van der Waals surface area contributed by atoms with E-state index >= 15 is 0 Å². The molecule has 3 heterocycles. The van der Waals surface area contributed by atoms with Crippen LogP contribution in [-0.2, 0) is 35.0 Å². The number of fused-ring (bicyclic) bond motifs is 1. The van der Waals surface area contributed by atoms with Gasteiger partial charge < -0.3 is 38.8 Å². The molecule has 1 N–H and O–H groups in total. The Hall–Kier alpha value is -2.86. The van der Waals surface area contributed by atoms with Gasteiger partial charge >= 0.3 is 11.9 Å². The fraction of sp³-hybridized carbons (Fsp3) is 0.577. The van der Waals surface area contributed by atoms with Crippen molar-refractivity contribution in [2.75, 3.05) is 72.4 Å².